The van der Waals surface area contributed by atoms with Crippen LogP contribution in [-0.4, -0.2) is 34.6 Å². The third kappa shape index (κ3) is 4.06. The Hall–Kier alpha value is -1.96. The highest BCUT2D eigenvalue weighted by molar-refractivity contribution is 6.30. The van der Waals surface area contributed by atoms with Crippen molar-refractivity contribution in [3.05, 3.63) is 69.2 Å². The molecular formula is C20H22Cl2N3O3+. The van der Waals surface area contributed by atoms with Gasteiger partial charge in [0.1, 0.15) is 13.1 Å². The maximum absolute atomic E-state index is 13.0. The molecule has 0 bridgehead atoms. The Balaban J connectivity index is 1.75. The molecule has 0 radical (unpaired) electrons. The van der Waals surface area contributed by atoms with Gasteiger partial charge in [0.05, 0.1) is 0 Å². The number of carbonyl (C=O) groups is 2. The van der Waals surface area contributed by atoms with Crippen molar-refractivity contribution in [3.63, 3.8) is 0 Å². The number of carbonyl (C=O) groups excluding carboxylic acids is 2. The molecule has 8 heteroatoms. The van der Waals surface area contributed by atoms with Gasteiger partial charge in [-0.3, -0.25) is 0 Å². The molecule has 6 nitrogen and oxygen atoms in total. The largest absolute Gasteiger partial charge is 0.424 e. The quantitative estimate of drug-likeness (QED) is 0.645. The van der Waals surface area contributed by atoms with Crippen LogP contribution in [0, 0.1) is 0 Å². The second kappa shape index (κ2) is 8.59. The highest BCUT2D eigenvalue weighted by atomic mass is 35.5. The van der Waals surface area contributed by atoms with Crippen molar-refractivity contribution < 1.29 is 19.2 Å². The Morgan fingerprint density at radius 2 is 1.82 bits per heavy atom. The SMILES string of the molecule is NCc1ccc(Cl)cc1CNC(=O)[N+]1(C(=O)[C@H](O)c2cccc(Cl)c2)CCC1. The molecule has 1 aliphatic heterocycles. The number of nitrogens with two attached hydrogens (primary N) is 1. The third-order valence-corrected chi connectivity index (χ3v) is 5.58. The summed E-state index contributed by atoms with van der Waals surface area (Å²) in [5.41, 5.74) is 7.77. The molecule has 2 aromatic carbocycles. The summed E-state index contributed by atoms with van der Waals surface area (Å²) in [6.45, 7) is 1.21. The number of rotatable bonds is 5. The molecule has 2 aromatic rings. The van der Waals surface area contributed by atoms with Crippen LogP contribution in [0.1, 0.15) is 29.2 Å². The van der Waals surface area contributed by atoms with E-state index in [0.717, 1.165) is 17.5 Å². The lowest BCUT2D eigenvalue weighted by atomic mass is 10.0. The molecule has 148 valence electrons. The van der Waals surface area contributed by atoms with Gasteiger partial charge in [-0.1, -0.05) is 41.4 Å². The average Bonchev–Trinajstić information content (AvgIpc) is 2.64. The summed E-state index contributed by atoms with van der Waals surface area (Å²) in [4.78, 5) is 25.9. The van der Waals surface area contributed by atoms with Crippen LogP contribution in [0.2, 0.25) is 10.0 Å². The Labute approximate surface area is 173 Å². The number of hydrogen-bond acceptors (Lipinski definition) is 4. The van der Waals surface area contributed by atoms with Crippen LogP contribution in [0.3, 0.4) is 0 Å². The molecule has 0 aliphatic carbocycles. The summed E-state index contributed by atoms with van der Waals surface area (Å²) in [6.07, 6.45) is -0.692. The molecule has 1 aliphatic rings. The van der Waals surface area contributed by atoms with E-state index in [1.165, 1.54) is 6.07 Å². The molecule has 0 aromatic heterocycles. The van der Waals surface area contributed by atoms with E-state index in [4.69, 9.17) is 28.9 Å². The second-order valence-corrected chi connectivity index (χ2v) is 7.71. The van der Waals surface area contributed by atoms with Gasteiger partial charge in [-0.05, 0) is 41.0 Å². The van der Waals surface area contributed by atoms with Crippen LogP contribution in [0.4, 0.5) is 4.79 Å². The summed E-state index contributed by atoms with van der Waals surface area (Å²) in [5, 5.41) is 14.3. The monoisotopic (exact) mass is 422 g/mol. The van der Waals surface area contributed by atoms with Crippen molar-refractivity contribution >= 4 is 35.1 Å². The summed E-state index contributed by atoms with van der Waals surface area (Å²) < 4.78 is -0.438. The zero-order chi connectivity index (χ0) is 20.3. The minimum absolute atomic E-state index is 0.201. The predicted octanol–water partition coefficient (Wildman–Crippen LogP) is 3.14. The number of urea groups is 1. The van der Waals surface area contributed by atoms with Gasteiger partial charge >= 0.3 is 11.9 Å². The van der Waals surface area contributed by atoms with Crippen LogP contribution in [-0.2, 0) is 17.9 Å². The molecule has 1 heterocycles. The van der Waals surface area contributed by atoms with E-state index in [1.54, 1.807) is 30.3 Å². The van der Waals surface area contributed by atoms with E-state index >= 15 is 0 Å². The molecule has 28 heavy (non-hydrogen) atoms. The number of hydrogen-bond donors (Lipinski definition) is 3. The fraction of sp³-hybridized carbons (Fsp3) is 0.300. The molecule has 1 fully saturated rings. The van der Waals surface area contributed by atoms with Crippen molar-refractivity contribution in [2.24, 2.45) is 5.73 Å². The molecule has 1 atom stereocenters. The second-order valence-electron chi connectivity index (χ2n) is 6.84. The number of imide groups is 1. The molecule has 3 rings (SSSR count). The topological polar surface area (TPSA) is 92.4 Å². The van der Waals surface area contributed by atoms with Crippen LogP contribution >= 0.6 is 23.2 Å². The lowest BCUT2D eigenvalue weighted by molar-refractivity contribution is -0.818. The standard InChI is InChI=1S/C20H21Cl2N3O3/c21-16-4-1-3-13(9-16)18(26)19(27)25(7-2-8-25)20(28)24-12-15-10-17(22)6-5-14(15)11-23/h1,3-6,9-10,18,26H,2,7-8,11-12,23H2/p+1/t18-/m1/s1. The number of halogens is 2. The molecule has 0 unspecified atom stereocenters. The fourth-order valence-electron chi connectivity index (χ4n) is 3.33. The number of nitrogens with one attached hydrogen (secondary N) is 1. The van der Waals surface area contributed by atoms with E-state index in [9.17, 15) is 14.7 Å². The van der Waals surface area contributed by atoms with Gasteiger partial charge in [0.2, 0.25) is 0 Å². The first-order valence-electron chi connectivity index (χ1n) is 8.98. The number of nitrogens with zero attached hydrogens (tertiary/aromatic N) is 1. The van der Waals surface area contributed by atoms with Crippen molar-refractivity contribution in [3.8, 4) is 0 Å². The van der Waals surface area contributed by atoms with Gasteiger partial charge in [0, 0.05) is 29.6 Å². The van der Waals surface area contributed by atoms with E-state index in [1.807, 2.05) is 6.07 Å². The van der Waals surface area contributed by atoms with Crippen LogP contribution in [0.25, 0.3) is 0 Å². The van der Waals surface area contributed by atoms with Gasteiger partial charge in [0.25, 0.3) is 0 Å². The zero-order valence-corrected chi connectivity index (χ0v) is 16.7. The minimum atomic E-state index is -1.42. The Morgan fingerprint density at radius 3 is 2.43 bits per heavy atom. The number of quaternary nitrogens is 1. The van der Waals surface area contributed by atoms with Gasteiger partial charge < -0.3 is 16.2 Å². The summed E-state index contributed by atoms with van der Waals surface area (Å²) in [5.74, 6) is -0.559. The first-order valence-corrected chi connectivity index (χ1v) is 9.74. The average molecular weight is 423 g/mol. The summed E-state index contributed by atoms with van der Waals surface area (Å²) >= 11 is 12.0. The van der Waals surface area contributed by atoms with Crippen LogP contribution < -0.4 is 11.1 Å². The third-order valence-electron chi connectivity index (χ3n) is 5.11. The number of amides is 3. The highest BCUT2D eigenvalue weighted by Crippen LogP contribution is 2.29. The Morgan fingerprint density at radius 1 is 1.11 bits per heavy atom. The maximum atomic E-state index is 13.0. The molecule has 3 amide bonds. The Kier molecular flexibility index (Phi) is 6.37. The first kappa shape index (κ1) is 20.8. The van der Waals surface area contributed by atoms with Crippen molar-refractivity contribution in [2.75, 3.05) is 13.1 Å². The first-order chi connectivity index (χ1) is 13.4. The maximum Gasteiger partial charge on any atom is 0.424 e. The molecular weight excluding hydrogens is 401 g/mol. The van der Waals surface area contributed by atoms with Crippen molar-refractivity contribution in [1.82, 2.24) is 5.32 Å². The molecule has 1 saturated heterocycles. The van der Waals surface area contributed by atoms with E-state index in [0.29, 0.717) is 35.2 Å². The minimum Gasteiger partial charge on any atom is -0.375 e. The summed E-state index contributed by atoms with van der Waals surface area (Å²) in [6, 6.07) is 11.3. The molecule has 0 saturated carbocycles. The molecule has 4 N–H and O–H groups in total. The molecule has 0 spiro atoms. The summed E-state index contributed by atoms with van der Waals surface area (Å²) in [7, 11) is 0. The lowest BCUT2D eigenvalue weighted by Crippen LogP contribution is -2.68. The Bertz CT molecular complexity index is 900. The smallest absolute Gasteiger partial charge is 0.375 e. The highest BCUT2D eigenvalue weighted by Gasteiger charge is 2.53. The van der Waals surface area contributed by atoms with Gasteiger partial charge in [-0.25, -0.2) is 9.59 Å². The number of aliphatic hydroxyl groups excluding tert-OH is 1. The van der Waals surface area contributed by atoms with Crippen LogP contribution in [0.15, 0.2) is 42.5 Å². The predicted molar refractivity (Wildman–Crippen MR) is 108 cm³/mol. The number of benzene rings is 2. The van der Waals surface area contributed by atoms with Gasteiger partial charge in [0.15, 0.2) is 6.10 Å². The van der Waals surface area contributed by atoms with Crippen molar-refractivity contribution in [1.29, 1.82) is 0 Å². The van der Waals surface area contributed by atoms with Gasteiger partial charge in [-0.2, -0.15) is 4.48 Å². The van der Waals surface area contributed by atoms with E-state index < -0.39 is 22.5 Å². The number of aliphatic hydroxyl groups is 1. The van der Waals surface area contributed by atoms with Crippen LogP contribution in [0.5, 0.6) is 0 Å². The fourth-order valence-corrected chi connectivity index (χ4v) is 3.73. The van der Waals surface area contributed by atoms with E-state index in [2.05, 4.69) is 5.32 Å². The van der Waals surface area contributed by atoms with E-state index in [-0.39, 0.29) is 6.54 Å². The number of likely N-dealkylation sites (tertiary alicyclic amines) is 1. The zero-order valence-electron chi connectivity index (χ0n) is 15.2. The lowest BCUT2D eigenvalue weighted by Gasteiger charge is -2.40. The van der Waals surface area contributed by atoms with Crippen molar-refractivity contribution in [2.45, 2.75) is 25.6 Å². The van der Waals surface area contributed by atoms with Gasteiger partial charge in [-0.15, -0.1) is 0 Å². The normalized spacial score (nSPS) is 16.1.